The molecule has 8 heteroatoms. The Balaban J connectivity index is 2.10. The molecule has 0 fully saturated rings. The number of rotatable bonds is 6. The molecule has 1 atom stereocenters. The van der Waals surface area contributed by atoms with Gasteiger partial charge in [0, 0.05) is 6.42 Å². The third-order valence-electron chi connectivity index (χ3n) is 3.38. The first-order valence-corrected chi connectivity index (χ1v) is 9.24. The number of carbonyl (C=O) groups excluding carboxylic acids is 1. The zero-order chi connectivity index (χ0) is 18.4. The molecule has 1 amide bonds. The van der Waals surface area contributed by atoms with Crippen LogP contribution in [0.25, 0.3) is 0 Å². The van der Waals surface area contributed by atoms with Crippen molar-refractivity contribution in [3.05, 3.63) is 65.7 Å². The molecule has 0 saturated heterocycles. The Bertz CT molecular complexity index is 738. The Hall–Kier alpha value is -1.56. The van der Waals surface area contributed by atoms with Crippen LogP contribution in [0, 0.1) is 0 Å². The van der Waals surface area contributed by atoms with Crippen molar-refractivity contribution < 1.29 is 24.5 Å². The Morgan fingerprint density at radius 1 is 1.04 bits per heavy atom. The summed E-state index contributed by atoms with van der Waals surface area (Å²) in [6.45, 7) is 0.0602. The number of phenols is 1. The number of alkyl halides is 1. The van der Waals surface area contributed by atoms with Crippen LogP contribution in [0.15, 0.2) is 54.6 Å². The highest BCUT2D eigenvalue weighted by molar-refractivity contribution is 14.1. The molecule has 2 N–H and O–H groups in total. The third-order valence-corrected chi connectivity index (χ3v) is 6.84. The van der Waals surface area contributed by atoms with Gasteiger partial charge in [-0.25, -0.2) is 12.7 Å². The van der Waals surface area contributed by atoms with E-state index < -0.39 is 15.6 Å². The van der Waals surface area contributed by atoms with E-state index in [4.69, 9.17) is 4.74 Å². The summed E-state index contributed by atoms with van der Waals surface area (Å²) in [5, 5.41) is 19.0. The van der Waals surface area contributed by atoms with Gasteiger partial charge < -0.3 is 14.9 Å². The summed E-state index contributed by atoms with van der Waals surface area (Å²) in [6.07, 6.45) is -0.674. The minimum Gasteiger partial charge on any atom is -0.508 e. The average Bonchev–Trinajstić information content (AvgIpc) is 2.61. The van der Waals surface area contributed by atoms with Crippen molar-refractivity contribution in [2.24, 2.45) is 0 Å². The molecule has 2 rings (SSSR count). The summed E-state index contributed by atoms with van der Waals surface area (Å²) < 4.78 is 4.73. The van der Waals surface area contributed by atoms with Gasteiger partial charge in [0.15, 0.2) is 0 Å². The average molecular weight is 567 g/mol. The van der Waals surface area contributed by atoms with E-state index in [-0.39, 0.29) is 18.8 Å². The normalized spacial score (nSPS) is 12.9. The van der Waals surface area contributed by atoms with Crippen LogP contribution in [0.2, 0.25) is 0 Å². The quantitative estimate of drug-likeness (QED) is 0.237. The fourth-order valence-corrected chi connectivity index (χ4v) is 3.19. The molecule has 0 spiro atoms. The summed E-state index contributed by atoms with van der Waals surface area (Å²) in [7, 11) is 0. The molecule has 0 aromatic heterocycles. The molecule has 0 unspecified atom stereocenters. The standard InChI is InChI=1S/C17H15I2NO5/c18-17(15(22)23,10-12-6-8-14(21)9-7-12)20(19)16(24)25-11-13-4-2-1-3-5-13/h1-9,21H,10-11H2,(H,22,23)/t17-/m0/s1. The van der Waals surface area contributed by atoms with Crippen LogP contribution >= 0.6 is 45.5 Å². The van der Waals surface area contributed by atoms with Crippen molar-refractivity contribution >= 4 is 57.5 Å². The van der Waals surface area contributed by atoms with E-state index in [1.807, 2.05) is 30.3 Å². The summed E-state index contributed by atoms with van der Waals surface area (Å²) in [4.78, 5) is 24.1. The van der Waals surface area contributed by atoms with Crippen molar-refractivity contribution in [2.75, 3.05) is 0 Å². The van der Waals surface area contributed by atoms with Crippen molar-refractivity contribution in [1.29, 1.82) is 0 Å². The highest BCUT2D eigenvalue weighted by atomic mass is 127. The minimum absolute atomic E-state index is 0.0602. The number of ether oxygens (including phenoxy) is 1. The van der Waals surface area contributed by atoms with Crippen LogP contribution in [-0.4, -0.2) is 28.9 Å². The van der Waals surface area contributed by atoms with Gasteiger partial charge in [0.1, 0.15) is 12.4 Å². The van der Waals surface area contributed by atoms with Gasteiger partial charge in [0.2, 0.25) is 3.55 Å². The Morgan fingerprint density at radius 2 is 1.64 bits per heavy atom. The molecule has 0 radical (unpaired) electrons. The lowest BCUT2D eigenvalue weighted by Gasteiger charge is -2.30. The molecule has 2 aromatic carbocycles. The monoisotopic (exact) mass is 567 g/mol. The molecule has 0 bridgehead atoms. The first-order valence-electron chi connectivity index (χ1n) is 7.20. The second-order valence-corrected chi connectivity index (χ2v) is 7.98. The maximum atomic E-state index is 12.3. The number of nitrogens with zero attached hydrogens (tertiary/aromatic N) is 1. The first kappa shape index (κ1) is 19.8. The summed E-state index contributed by atoms with van der Waals surface area (Å²) >= 11 is 3.39. The van der Waals surface area contributed by atoms with E-state index in [2.05, 4.69) is 0 Å². The number of phenolic OH excluding ortho intramolecular Hbond substituents is 1. The second-order valence-electron chi connectivity index (χ2n) is 5.23. The van der Waals surface area contributed by atoms with Gasteiger partial charge >= 0.3 is 12.1 Å². The van der Waals surface area contributed by atoms with E-state index in [0.29, 0.717) is 5.56 Å². The molecular formula is C17H15I2NO5. The number of halogens is 2. The SMILES string of the molecule is O=C(OCc1ccccc1)N(I)[C@@](I)(Cc1ccc(O)cc1)C(=O)O. The minimum atomic E-state index is -1.52. The molecule has 2 aromatic rings. The fraction of sp³-hybridized carbons (Fsp3) is 0.176. The van der Waals surface area contributed by atoms with Gasteiger partial charge in [0.05, 0.1) is 22.9 Å². The molecule has 0 saturated carbocycles. The van der Waals surface area contributed by atoms with Gasteiger partial charge in [-0.2, -0.15) is 0 Å². The molecule has 0 aliphatic heterocycles. The predicted molar refractivity (Wildman–Crippen MR) is 109 cm³/mol. The Morgan fingerprint density at radius 3 is 2.20 bits per heavy atom. The molecule has 25 heavy (non-hydrogen) atoms. The number of hydrogen-bond acceptors (Lipinski definition) is 4. The molecule has 0 heterocycles. The van der Waals surface area contributed by atoms with Crippen LogP contribution in [0.1, 0.15) is 11.1 Å². The number of amides is 1. The van der Waals surface area contributed by atoms with Crippen LogP contribution in [0.5, 0.6) is 5.75 Å². The van der Waals surface area contributed by atoms with Gasteiger partial charge in [-0.05, 0) is 45.9 Å². The third kappa shape index (κ3) is 5.21. The van der Waals surface area contributed by atoms with Gasteiger partial charge in [-0.15, -0.1) is 0 Å². The van der Waals surface area contributed by atoms with E-state index in [1.54, 1.807) is 57.6 Å². The number of carboxylic acid groups (broad SMARTS) is 1. The van der Waals surface area contributed by atoms with Crippen LogP contribution in [0.4, 0.5) is 4.79 Å². The lowest BCUT2D eigenvalue weighted by Crippen LogP contribution is -2.49. The molecule has 0 aliphatic carbocycles. The number of benzene rings is 2. The summed E-state index contributed by atoms with van der Waals surface area (Å²) in [5.41, 5.74) is 1.49. The number of carbonyl (C=O) groups is 2. The number of aliphatic carboxylic acids is 1. The smallest absolute Gasteiger partial charge is 0.420 e. The van der Waals surface area contributed by atoms with Crippen molar-refractivity contribution in [1.82, 2.24) is 3.11 Å². The molecular weight excluding hydrogens is 552 g/mol. The highest BCUT2D eigenvalue weighted by Gasteiger charge is 2.45. The highest BCUT2D eigenvalue weighted by Crippen LogP contribution is 2.33. The molecule has 6 nitrogen and oxygen atoms in total. The van der Waals surface area contributed by atoms with Crippen molar-refractivity contribution in [3.63, 3.8) is 0 Å². The van der Waals surface area contributed by atoms with Crippen LogP contribution in [-0.2, 0) is 22.6 Å². The number of hydrogen-bond donors (Lipinski definition) is 2. The van der Waals surface area contributed by atoms with Gasteiger partial charge in [0.25, 0.3) is 0 Å². The fourth-order valence-electron chi connectivity index (χ4n) is 2.03. The number of aromatic hydroxyl groups is 1. The van der Waals surface area contributed by atoms with E-state index in [1.165, 1.54) is 12.1 Å². The zero-order valence-corrected chi connectivity index (χ0v) is 17.2. The molecule has 132 valence electrons. The van der Waals surface area contributed by atoms with Gasteiger partial charge in [-0.3, -0.25) is 0 Å². The predicted octanol–water partition coefficient (Wildman–Crippen LogP) is 4.14. The largest absolute Gasteiger partial charge is 0.508 e. The zero-order valence-electron chi connectivity index (χ0n) is 12.9. The van der Waals surface area contributed by atoms with Gasteiger partial charge in [-0.1, -0.05) is 42.5 Å². The van der Waals surface area contributed by atoms with E-state index >= 15 is 0 Å². The van der Waals surface area contributed by atoms with Crippen molar-refractivity contribution in [2.45, 2.75) is 16.6 Å². The maximum absolute atomic E-state index is 12.3. The van der Waals surface area contributed by atoms with Crippen molar-refractivity contribution in [3.8, 4) is 5.75 Å². The number of carboxylic acids is 1. The molecule has 0 aliphatic rings. The van der Waals surface area contributed by atoms with Crippen LogP contribution in [0.3, 0.4) is 0 Å². The van der Waals surface area contributed by atoms with Crippen LogP contribution < -0.4 is 0 Å². The second kappa shape index (κ2) is 8.70. The summed E-state index contributed by atoms with van der Waals surface area (Å²) in [6, 6.07) is 15.3. The maximum Gasteiger partial charge on any atom is 0.420 e. The lowest BCUT2D eigenvalue weighted by atomic mass is 10.1. The lowest BCUT2D eigenvalue weighted by molar-refractivity contribution is -0.141. The Kier molecular flexibility index (Phi) is 6.87. The topological polar surface area (TPSA) is 87.1 Å². The summed E-state index contributed by atoms with van der Waals surface area (Å²) in [5.74, 6) is -1.07. The van der Waals surface area contributed by atoms with E-state index in [9.17, 15) is 19.8 Å². The first-order chi connectivity index (χ1) is 11.8. The Labute approximate surface area is 172 Å². The van der Waals surface area contributed by atoms with E-state index in [0.717, 1.165) is 8.68 Å².